The quantitative estimate of drug-likeness (QED) is 0.159. The molecule has 1 atom stereocenters. The molecule has 11 aromatic carbocycles. The van der Waals surface area contributed by atoms with Crippen LogP contribution >= 0.6 is 0 Å². The Hall–Kier alpha value is -9.18. The first-order valence-electron chi connectivity index (χ1n) is 25.4. The summed E-state index contributed by atoms with van der Waals surface area (Å²) in [6, 6.07) is 93.9. The lowest BCUT2D eigenvalue weighted by molar-refractivity contribution is 0.660. The van der Waals surface area contributed by atoms with E-state index in [1.807, 2.05) is 6.07 Å². The van der Waals surface area contributed by atoms with Crippen molar-refractivity contribution in [2.45, 2.75) is 24.7 Å². The molecule has 12 aromatic rings. The molecule has 0 radical (unpaired) electrons. The predicted molar refractivity (Wildman–Crippen MR) is 302 cm³/mol. The number of hydrogen-bond acceptors (Lipinski definition) is 3. The summed E-state index contributed by atoms with van der Waals surface area (Å²) in [7, 11) is 0. The molecule has 73 heavy (non-hydrogen) atoms. The van der Waals surface area contributed by atoms with Gasteiger partial charge in [-0.05, 0) is 151 Å². The fourth-order valence-corrected chi connectivity index (χ4v) is 13.1. The number of furan rings is 1. The second kappa shape index (κ2) is 15.7. The lowest BCUT2D eigenvalue weighted by atomic mass is 9.69. The third-order valence-corrected chi connectivity index (χ3v) is 16.2. The molecule has 0 aliphatic heterocycles. The van der Waals surface area contributed by atoms with Gasteiger partial charge in [0.25, 0.3) is 0 Å². The van der Waals surface area contributed by atoms with Gasteiger partial charge >= 0.3 is 0 Å². The molecule has 0 saturated heterocycles. The summed E-state index contributed by atoms with van der Waals surface area (Å²) in [4.78, 5) is 4.76. The van der Waals surface area contributed by atoms with Gasteiger partial charge in [-0.25, -0.2) is 0 Å². The molecule has 3 nitrogen and oxygen atoms in total. The lowest BCUT2D eigenvalue weighted by Gasteiger charge is -2.32. The Labute approximate surface area is 425 Å². The molecule has 1 spiro atoms. The van der Waals surface area contributed by atoms with E-state index in [4.69, 9.17) is 4.42 Å². The maximum absolute atomic E-state index is 6.84. The highest BCUT2D eigenvalue weighted by Gasteiger charge is 2.53. The average molecular weight is 933 g/mol. The number of hydrogen-bond donors (Lipinski definition) is 0. The maximum Gasteiger partial charge on any atom is 0.159 e. The highest BCUT2D eigenvalue weighted by molar-refractivity contribution is 6.11. The van der Waals surface area contributed by atoms with Gasteiger partial charge in [-0.2, -0.15) is 0 Å². The van der Waals surface area contributed by atoms with E-state index < -0.39 is 5.41 Å². The number of nitrogens with zero attached hydrogens (tertiary/aromatic N) is 2. The highest BCUT2D eigenvalue weighted by Crippen LogP contribution is 2.66. The Morgan fingerprint density at radius 2 is 0.822 bits per heavy atom. The Kier molecular flexibility index (Phi) is 8.92. The van der Waals surface area contributed by atoms with Crippen LogP contribution in [0.3, 0.4) is 0 Å². The Balaban J connectivity index is 1.01. The van der Waals surface area contributed by atoms with E-state index in [0.29, 0.717) is 0 Å². The Morgan fingerprint density at radius 1 is 0.315 bits per heavy atom. The third kappa shape index (κ3) is 5.88. The first-order chi connectivity index (χ1) is 36.0. The van der Waals surface area contributed by atoms with E-state index in [2.05, 4.69) is 272 Å². The first-order valence-corrected chi connectivity index (χ1v) is 25.4. The van der Waals surface area contributed by atoms with Crippen molar-refractivity contribution in [2.24, 2.45) is 0 Å². The molecule has 1 aromatic heterocycles. The summed E-state index contributed by atoms with van der Waals surface area (Å²) in [6.07, 6.45) is 0. The van der Waals surface area contributed by atoms with Crippen LogP contribution in [0.15, 0.2) is 259 Å². The number of para-hydroxylation sites is 5. The molecule has 3 aliphatic rings. The molecule has 15 rings (SSSR count). The Morgan fingerprint density at radius 3 is 1.52 bits per heavy atom. The van der Waals surface area contributed by atoms with Gasteiger partial charge in [0.05, 0.1) is 11.1 Å². The van der Waals surface area contributed by atoms with Crippen molar-refractivity contribution in [3.05, 3.63) is 288 Å². The fraction of sp³-hybridized carbons (Fsp3) is 0.0571. The average Bonchev–Trinajstić information content (AvgIpc) is 4.16. The molecule has 0 bridgehead atoms. The molecular formula is C70H48N2O. The predicted octanol–water partition coefficient (Wildman–Crippen LogP) is 18.8. The molecule has 0 amide bonds. The standard InChI is InChI=1S/C70H48N2O/c1-69(2)58-32-16-13-29-56(58)66-61(69)39-40-62-67(66)57-30-14-18-34-60(57)70(62)59-33-17-12-27-52(59)53-38-37-45(43-63(53)70)46-41-50(71(47-21-6-3-7-22-47)48-23-8-4-9-24-48)44-51(42-46)72(49-25-10-5-11-26-49)64-35-20-31-55-54-28-15-19-36-65(54)73-68(55)64/h3-44H,1-2H3. The third-order valence-electron chi connectivity index (χ3n) is 16.2. The van der Waals surface area contributed by atoms with Gasteiger partial charge in [-0.15, -0.1) is 0 Å². The summed E-state index contributed by atoms with van der Waals surface area (Å²) >= 11 is 0. The lowest BCUT2D eigenvalue weighted by Crippen LogP contribution is -2.26. The van der Waals surface area contributed by atoms with Crippen molar-refractivity contribution in [3.8, 4) is 44.5 Å². The van der Waals surface area contributed by atoms with Gasteiger partial charge in [0.2, 0.25) is 0 Å². The molecule has 344 valence electrons. The van der Waals surface area contributed by atoms with E-state index in [1.54, 1.807) is 0 Å². The summed E-state index contributed by atoms with van der Waals surface area (Å²) in [5.74, 6) is 0. The van der Waals surface area contributed by atoms with Gasteiger partial charge < -0.3 is 14.2 Å². The monoisotopic (exact) mass is 932 g/mol. The van der Waals surface area contributed by atoms with Crippen LogP contribution < -0.4 is 9.80 Å². The SMILES string of the molecule is CC1(C)c2ccccc2-c2c1ccc1c2-c2ccccc2C12c1ccccc1-c1ccc(-c3cc(N(c4ccccc4)c4ccccc4)cc(N(c4ccccc4)c4cccc5c4oc4ccccc45)c3)cc12. The van der Waals surface area contributed by atoms with Crippen LogP contribution in [-0.4, -0.2) is 0 Å². The van der Waals surface area contributed by atoms with Crippen LogP contribution in [0.1, 0.15) is 47.2 Å². The summed E-state index contributed by atoms with van der Waals surface area (Å²) in [5.41, 5.74) is 25.6. The van der Waals surface area contributed by atoms with Crippen LogP contribution in [0.25, 0.3) is 66.4 Å². The molecule has 3 heteroatoms. The van der Waals surface area contributed by atoms with Gasteiger partial charge in [0, 0.05) is 44.6 Å². The largest absolute Gasteiger partial charge is 0.454 e. The van der Waals surface area contributed by atoms with Gasteiger partial charge in [0.15, 0.2) is 5.58 Å². The van der Waals surface area contributed by atoms with Crippen LogP contribution in [0, 0.1) is 0 Å². The van der Waals surface area contributed by atoms with Crippen molar-refractivity contribution < 1.29 is 4.42 Å². The van der Waals surface area contributed by atoms with E-state index in [9.17, 15) is 0 Å². The minimum absolute atomic E-state index is 0.121. The number of rotatable bonds is 7. The van der Waals surface area contributed by atoms with Gasteiger partial charge in [-0.1, -0.05) is 196 Å². The molecule has 0 fully saturated rings. The number of benzene rings is 11. The molecule has 3 aliphatic carbocycles. The summed E-state index contributed by atoms with van der Waals surface area (Å²) in [5, 5.41) is 2.18. The smallest absolute Gasteiger partial charge is 0.159 e. The summed E-state index contributed by atoms with van der Waals surface area (Å²) < 4.78 is 6.84. The van der Waals surface area contributed by atoms with Crippen LogP contribution in [0.2, 0.25) is 0 Å². The first kappa shape index (κ1) is 41.6. The van der Waals surface area contributed by atoms with Crippen LogP contribution in [-0.2, 0) is 10.8 Å². The van der Waals surface area contributed by atoms with Crippen LogP contribution in [0.5, 0.6) is 0 Å². The molecule has 1 unspecified atom stereocenters. The fourth-order valence-electron chi connectivity index (χ4n) is 13.1. The molecular weight excluding hydrogens is 885 g/mol. The number of fused-ring (bicyclic) bond motifs is 17. The second-order valence-electron chi connectivity index (χ2n) is 20.4. The zero-order valence-corrected chi connectivity index (χ0v) is 40.6. The second-order valence-corrected chi connectivity index (χ2v) is 20.4. The zero-order valence-electron chi connectivity index (χ0n) is 40.6. The van der Waals surface area contributed by atoms with Crippen molar-refractivity contribution in [1.29, 1.82) is 0 Å². The highest BCUT2D eigenvalue weighted by atomic mass is 16.3. The Bertz CT molecular complexity index is 4150. The summed E-state index contributed by atoms with van der Waals surface area (Å²) in [6.45, 7) is 4.78. The van der Waals surface area contributed by atoms with E-state index >= 15 is 0 Å². The van der Waals surface area contributed by atoms with E-state index in [1.165, 1.54) is 66.8 Å². The van der Waals surface area contributed by atoms with Crippen LogP contribution in [0.4, 0.5) is 34.1 Å². The minimum atomic E-state index is -0.544. The normalized spacial score (nSPS) is 15.2. The van der Waals surface area contributed by atoms with E-state index in [-0.39, 0.29) is 5.41 Å². The molecule has 0 N–H and O–H groups in total. The zero-order chi connectivity index (χ0) is 48.4. The van der Waals surface area contributed by atoms with Crippen molar-refractivity contribution in [3.63, 3.8) is 0 Å². The van der Waals surface area contributed by atoms with Gasteiger partial charge in [-0.3, -0.25) is 0 Å². The van der Waals surface area contributed by atoms with Crippen molar-refractivity contribution in [2.75, 3.05) is 9.80 Å². The molecule has 0 saturated carbocycles. The van der Waals surface area contributed by atoms with Crippen molar-refractivity contribution >= 4 is 56.1 Å². The minimum Gasteiger partial charge on any atom is -0.454 e. The van der Waals surface area contributed by atoms with E-state index in [0.717, 1.165) is 67.2 Å². The van der Waals surface area contributed by atoms with Crippen molar-refractivity contribution in [1.82, 2.24) is 0 Å². The molecule has 1 heterocycles. The topological polar surface area (TPSA) is 19.6 Å². The maximum atomic E-state index is 6.84. The number of anilines is 6. The van der Waals surface area contributed by atoms with Gasteiger partial charge in [0.1, 0.15) is 5.58 Å².